The number of benzene rings is 1. The number of amides is 4. The van der Waals surface area contributed by atoms with Gasteiger partial charge in [0.25, 0.3) is 0 Å². The predicted molar refractivity (Wildman–Crippen MR) is 202 cm³/mol. The van der Waals surface area contributed by atoms with Crippen molar-refractivity contribution in [2.75, 3.05) is 25.6 Å². The Morgan fingerprint density at radius 3 is 2.69 bits per heavy atom. The van der Waals surface area contributed by atoms with Crippen molar-refractivity contribution in [2.45, 2.75) is 102 Å². The number of hydrogen-bond donors (Lipinski definition) is 3. The molecule has 55 heavy (non-hydrogen) atoms. The first-order chi connectivity index (χ1) is 26.3. The van der Waals surface area contributed by atoms with Crippen molar-refractivity contribution in [1.29, 1.82) is 0 Å². The van der Waals surface area contributed by atoms with Crippen molar-refractivity contribution in [3.8, 4) is 23.0 Å². The van der Waals surface area contributed by atoms with Crippen LogP contribution in [0.2, 0.25) is 0 Å². The van der Waals surface area contributed by atoms with Crippen molar-refractivity contribution >= 4 is 57.8 Å². The van der Waals surface area contributed by atoms with Gasteiger partial charge in [0, 0.05) is 23.8 Å². The molecule has 2 aliphatic heterocycles. The number of thiazole rings is 1. The Kier molecular flexibility index (Phi) is 11.9. The summed E-state index contributed by atoms with van der Waals surface area (Å²) in [5.41, 5.74) is -0.399. The molecule has 5 atom stereocenters. The second-order valence-corrected chi connectivity index (χ2v) is 15.6. The van der Waals surface area contributed by atoms with Crippen LogP contribution in [0.3, 0.4) is 0 Å². The van der Waals surface area contributed by atoms with Gasteiger partial charge in [-0.2, -0.15) is 0 Å². The maximum Gasteiger partial charge on any atom is 0.408 e. The smallest absolute Gasteiger partial charge is 0.408 e. The lowest BCUT2D eigenvalue weighted by atomic mass is 10.0. The summed E-state index contributed by atoms with van der Waals surface area (Å²) in [5, 5.41) is 10.3. The number of hydrogen-bond acceptors (Lipinski definition) is 13. The first-order valence-corrected chi connectivity index (χ1v) is 19.4. The average molecular weight is 778 g/mol. The van der Waals surface area contributed by atoms with E-state index in [9.17, 15) is 24.0 Å². The van der Waals surface area contributed by atoms with Crippen LogP contribution in [-0.4, -0.2) is 99.7 Å². The van der Waals surface area contributed by atoms with Gasteiger partial charge in [-0.15, -0.1) is 11.3 Å². The van der Waals surface area contributed by atoms with Gasteiger partial charge in [0.1, 0.15) is 40.8 Å². The molecule has 4 heterocycles. The highest BCUT2D eigenvalue weighted by atomic mass is 32.1. The Morgan fingerprint density at radius 1 is 1.13 bits per heavy atom. The number of alkyl carbamates (subject to hydrolysis) is 1. The number of allylic oxidation sites excluding steroid dienone is 1. The third-order valence-electron chi connectivity index (χ3n) is 9.62. The quantitative estimate of drug-likeness (QED) is 0.156. The number of nitrogens with zero attached hydrogens (tertiary/aromatic N) is 4. The second-order valence-electron chi connectivity index (χ2n) is 14.8. The molecule has 16 nitrogen and oxygen atoms in total. The molecule has 0 bridgehead atoms. The van der Waals surface area contributed by atoms with E-state index in [1.165, 1.54) is 23.3 Å². The Morgan fingerprint density at radius 2 is 1.95 bits per heavy atom. The van der Waals surface area contributed by atoms with Crippen LogP contribution in [0.5, 0.6) is 11.6 Å². The number of methoxy groups -OCH3 is 1. The largest absolute Gasteiger partial charge is 0.497 e. The van der Waals surface area contributed by atoms with Gasteiger partial charge in [-0.3, -0.25) is 14.4 Å². The minimum absolute atomic E-state index is 0.0302. The summed E-state index contributed by atoms with van der Waals surface area (Å²) >= 11 is 1.19. The van der Waals surface area contributed by atoms with Gasteiger partial charge in [-0.25, -0.2) is 24.5 Å². The highest BCUT2D eigenvalue weighted by Crippen LogP contribution is 2.46. The van der Waals surface area contributed by atoms with Crippen LogP contribution < -0.4 is 25.4 Å². The Bertz CT molecular complexity index is 1960. The molecule has 294 valence electrons. The van der Waals surface area contributed by atoms with Gasteiger partial charge >= 0.3 is 12.1 Å². The number of esters is 1. The number of ether oxygens (including phenoxy) is 4. The van der Waals surface area contributed by atoms with Crippen molar-refractivity contribution in [1.82, 2.24) is 30.5 Å². The highest BCUT2D eigenvalue weighted by Gasteiger charge is 2.62. The molecule has 0 unspecified atom stereocenters. The molecule has 1 saturated heterocycles. The Balaban J connectivity index is 1.36. The standard InChI is InChI=1S/C38H47N7O9S/c1-6-52-34(49)38-18-22(38)12-10-8-7-9-11-13-26(43-36(50)54-37(2,3)4)33(48)45-19-24(17-29(45)31(47)44-38)53-32-30(28-20-55-35(42-28)39-21-46)40-25-15-14-23(51-5)16-27(25)41-32/h10,12,14-16,20-22,24,26,29H,6-9,11,13,17-19H2,1-5H3,(H,43,50)(H,44,47)(H,39,42,46)/t22-,24+,26-,29+,38-/m1/s1. The van der Waals surface area contributed by atoms with Crippen molar-refractivity contribution in [3.63, 3.8) is 0 Å². The predicted octanol–water partition coefficient (Wildman–Crippen LogP) is 4.53. The third kappa shape index (κ3) is 9.15. The van der Waals surface area contributed by atoms with E-state index in [1.54, 1.807) is 51.3 Å². The zero-order valence-corrected chi connectivity index (χ0v) is 32.4. The summed E-state index contributed by atoms with van der Waals surface area (Å²) in [7, 11) is 1.54. The number of fused-ring (bicyclic) bond motifs is 3. The fourth-order valence-electron chi connectivity index (χ4n) is 6.89. The summed E-state index contributed by atoms with van der Waals surface area (Å²) in [6.45, 7) is 7.00. The van der Waals surface area contributed by atoms with E-state index >= 15 is 0 Å². The van der Waals surface area contributed by atoms with Crippen LogP contribution in [0.25, 0.3) is 22.4 Å². The van der Waals surface area contributed by atoms with E-state index in [-0.39, 0.29) is 37.1 Å². The molecule has 3 aromatic rings. The van der Waals surface area contributed by atoms with E-state index in [1.807, 2.05) is 12.2 Å². The number of carbonyl (C=O) groups is 5. The Hall–Kier alpha value is -5.32. The van der Waals surface area contributed by atoms with E-state index in [0.717, 1.165) is 19.3 Å². The van der Waals surface area contributed by atoms with Crippen LogP contribution in [-0.2, 0) is 28.7 Å². The first-order valence-electron chi connectivity index (χ1n) is 18.5. The van der Waals surface area contributed by atoms with Gasteiger partial charge < -0.3 is 39.8 Å². The molecule has 0 spiro atoms. The topological polar surface area (TPSA) is 200 Å². The summed E-state index contributed by atoms with van der Waals surface area (Å²) in [4.78, 5) is 81.9. The van der Waals surface area contributed by atoms with Gasteiger partial charge in [0.15, 0.2) is 10.8 Å². The minimum atomic E-state index is -1.26. The molecule has 0 radical (unpaired) electrons. The van der Waals surface area contributed by atoms with Gasteiger partial charge in [0.05, 0.1) is 31.3 Å². The van der Waals surface area contributed by atoms with Gasteiger partial charge in [-0.05, 0) is 65.5 Å². The van der Waals surface area contributed by atoms with Crippen molar-refractivity contribution in [3.05, 3.63) is 35.7 Å². The molecule has 2 fully saturated rings. The molecule has 3 aliphatic rings. The lowest BCUT2D eigenvalue weighted by Gasteiger charge is -2.30. The fraction of sp³-hybridized carbons (Fsp3) is 0.526. The SMILES string of the molecule is CCOC(=O)[C@@]12C[C@H]1C=CCCCCC[C@@H](NC(=O)OC(C)(C)C)C(=O)N1C[C@@H](Oc3nc4cc(OC)ccc4nc3-c3csc(NC=O)n3)C[C@H]1C(=O)N2. The van der Waals surface area contributed by atoms with Gasteiger partial charge in [-0.1, -0.05) is 25.0 Å². The second kappa shape index (κ2) is 16.6. The molecule has 4 amide bonds. The summed E-state index contributed by atoms with van der Waals surface area (Å²) in [5.74, 6) is -1.19. The molecular weight excluding hydrogens is 731 g/mol. The average Bonchev–Trinajstić information content (AvgIpc) is 3.41. The molecular formula is C38H47N7O9S. The van der Waals surface area contributed by atoms with Gasteiger partial charge in [0.2, 0.25) is 24.1 Å². The first kappa shape index (κ1) is 39.4. The van der Waals surface area contributed by atoms with E-state index < -0.39 is 53.2 Å². The molecule has 17 heteroatoms. The van der Waals surface area contributed by atoms with Crippen molar-refractivity contribution in [2.24, 2.45) is 5.92 Å². The number of carbonyl (C=O) groups excluding carboxylic acids is 5. The number of aromatic nitrogens is 3. The molecule has 1 aromatic carbocycles. The van der Waals surface area contributed by atoms with E-state index in [0.29, 0.717) is 53.3 Å². The number of nitrogens with one attached hydrogen (secondary N) is 3. The fourth-order valence-corrected chi connectivity index (χ4v) is 7.55. The number of anilines is 1. The summed E-state index contributed by atoms with van der Waals surface area (Å²) in [6, 6.07) is 3.12. The monoisotopic (exact) mass is 777 g/mol. The highest BCUT2D eigenvalue weighted by molar-refractivity contribution is 7.14. The number of rotatable bonds is 9. The van der Waals surface area contributed by atoms with Crippen LogP contribution in [0.15, 0.2) is 35.7 Å². The lowest BCUT2D eigenvalue weighted by Crippen LogP contribution is -2.56. The summed E-state index contributed by atoms with van der Waals surface area (Å²) < 4.78 is 22.9. The van der Waals surface area contributed by atoms with Crippen molar-refractivity contribution < 1.29 is 42.9 Å². The molecule has 1 saturated carbocycles. The zero-order valence-electron chi connectivity index (χ0n) is 31.6. The maximum atomic E-state index is 14.5. The van der Waals surface area contributed by atoms with Crippen LogP contribution in [0.1, 0.15) is 72.6 Å². The maximum absolute atomic E-state index is 14.5. The van der Waals surface area contributed by atoms with Crippen LogP contribution >= 0.6 is 11.3 Å². The lowest BCUT2D eigenvalue weighted by molar-refractivity contribution is -0.150. The van der Waals surface area contributed by atoms with Crippen LogP contribution in [0.4, 0.5) is 9.93 Å². The minimum Gasteiger partial charge on any atom is -0.497 e. The summed E-state index contributed by atoms with van der Waals surface area (Å²) in [6.07, 6.45) is 6.70. The van der Waals surface area contributed by atoms with Crippen LogP contribution in [0, 0.1) is 5.92 Å². The molecule has 1 aliphatic carbocycles. The molecule has 2 aromatic heterocycles. The molecule has 3 N–H and O–H groups in total. The van der Waals surface area contributed by atoms with E-state index in [4.69, 9.17) is 28.9 Å². The third-order valence-corrected chi connectivity index (χ3v) is 10.4. The normalized spacial score (nSPS) is 24.3. The van der Waals surface area contributed by atoms with E-state index in [2.05, 4.69) is 20.9 Å². The zero-order chi connectivity index (χ0) is 39.3. The Labute approximate surface area is 322 Å². The molecule has 6 rings (SSSR count).